The van der Waals surface area contributed by atoms with Crippen LogP contribution >= 0.6 is 11.6 Å². The summed E-state index contributed by atoms with van der Waals surface area (Å²) >= 11 is 5.81. The lowest BCUT2D eigenvalue weighted by atomic mass is 9.94. The van der Waals surface area contributed by atoms with Crippen LogP contribution in [0.4, 0.5) is 11.6 Å². The van der Waals surface area contributed by atoms with Crippen LogP contribution in [0.2, 0.25) is 5.02 Å². The first kappa shape index (κ1) is 22.3. The fourth-order valence-electron chi connectivity index (χ4n) is 3.16. The van der Waals surface area contributed by atoms with Crippen molar-refractivity contribution < 1.29 is 29.5 Å². The van der Waals surface area contributed by atoms with Crippen LogP contribution in [0.5, 0.6) is 5.75 Å². The monoisotopic (exact) mass is 463 g/mol. The van der Waals surface area contributed by atoms with Gasteiger partial charge in [0.1, 0.15) is 22.7 Å². The number of aromatic amines is 1. The molecule has 0 saturated heterocycles. The largest absolute Gasteiger partial charge is 0.496 e. The Hall–Kier alpha value is -4.39. The Morgan fingerprint density at radius 2 is 1.97 bits per heavy atom. The molecule has 0 atom stereocenters. The normalized spacial score (nSPS) is 10.7. The molecular formula is C18H14ClN5O8. The number of nitrogen functional groups attached to an aromatic ring is 1. The maximum absolute atomic E-state index is 12.2. The van der Waals surface area contributed by atoms with E-state index in [0.29, 0.717) is 5.56 Å². The molecule has 166 valence electrons. The highest BCUT2D eigenvalue weighted by Gasteiger charge is 2.27. The van der Waals surface area contributed by atoms with Crippen molar-refractivity contribution in [2.45, 2.75) is 6.54 Å². The van der Waals surface area contributed by atoms with Gasteiger partial charge in [-0.1, -0.05) is 17.7 Å². The standard InChI is InChI=1S/C18H14ClN5O8/c1-32-10-3-2-7(4-8(10)5-23-6-9(19)15(22-23)24(30)31)11-12(17(26)27)14(20)21-16(25)13(11)18(28)29/h2-4,6H,5H2,1H3,(H,26,27)(H,28,29)(H3,20,21,25). The molecule has 1 aromatic carbocycles. The third kappa shape index (κ3) is 3.96. The molecule has 0 aliphatic carbocycles. The Balaban J connectivity index is 2.24. The maximum atomic E-state index is 12.2. The number of rotatable bonds is 7. The number of aromatic nitrogens is 3. The van der Waals surface area contributed by atoms with Gasteiger partial charge in [-0.25, -0.2) is 9.59 Å². The van der Waals surface area contributed by atoms with Gasteiger partial charge in [0.25, 0.3) is 5.56 Å². The summed E-state index contributed by atoms with van der Waals surface area (Å²) in [6.07, 6.45) is 1.21. The van der Waals surface area contributed by atoms with Gasteiger partial charge in [0.15, 0.2) is 5.02 Å². The smallest absolute Gasteiger partial charge is 0.408 e. The van der Waals surface area contributed by atoms with Crippen LogP contribution in [0.25, 0.3) is 11.1 Å². The number of nitrogens with two attached hydrogens (primary N) is 1. The van der Waals surface area contributed by atoms with E-state index in [9.17, 15) is 34.7 Å². The van der Waals surface area contributed by atoms with E-state index < -0.39 is 50.7 Å². The van der Waals surface area contributed by atoms with E-state index >= 15 is 0 Å². The van der Waals surface area contributed by atoms with Crippen LogP contribution < -0.4 is 16.0 Å². The number of methoxy groups -OCH3 is 1. The predicted octanol–water partition coefficient (Wildman–Crippen LogP) is 1.84. The Morgan fingerprint density at radius 3 is 2.50 bits per heavy atom. The van der Waals surface area contributed by atoms with Gasteiger partial charge in [-0.05, 0) is 22.6 Å². The van der Waals surface area contributed by atoms with Crippen LogP contribution in [0.1, 0.15) is 26.3 Å². The van der Waals surface area contributed by atoms with Gasteiger partial charge < -0.3 is 35.8 Å². The van der Waals surface area contributed by atoms with Gasteiger partial charge in [-0.2, -0.15) is 4.68 Å². The molecule has 3 rings (SSSR count). The molecule has 2 heterocycles. The topological polar surface area (TPSA) is 204 Å². The van der Waals surface area contributed by atoms with Crippen molar-refractivity contribution in [3.8, 4) is 16.9 Å². The van der Waals surface area contributed by atoms with Crippen molar-refractivity contribution in [3.05, 3.63) is 66.6 Å². The number of carboxylic acid groups (broad SMARTS) is 2. The Labute approximate surface area is 182 Å². The summed E-state index contributed by atoms with van der Waals surface area (Å²) < 4.78 is 6.42. The summed E-state index contributed by atoms with van der Waals surface area (Å²) in [6.45, 7) is -0.103. The molecule has 0 aliphatic heterocycles. The Kier molecular flexibility index (Phi) is 5.85. The maximum Gasteiger partial charge on any atom is 0.408 e. The lowest BCUT2D eigenvalue weighted by Gasteiger charge is -2.14. The van der Waals surface area contributed by atoms with Crippen molar-refractivity contribution >= 4 is 35.2 Å². The number of hydrogen-bond donors (Lipinski definition) is 4. The number of nitro groups is 1. The number of nitrogens with zero attached hydrogens (tertiary/aromatic N) is 3. The first-order valence-electron chi connectivity index (χ1n) is 8.62. The van der Waals surface area contributed by atoms with E-state index in [4.69, 9.17) is 22.1 Å². The number of aromatic carboxylic acids is 2. The van der Waals surface area contributed by atoms with Gasteiger partial charge in [-0.3, -0.25) is 4.79 Å². The first-order chi connectivity index (χ1) is 15.0. The minimum atomic E-state index is -1.66. The van der Waals surface area contributed by atoms with Crippen molar-refractivity contribution in [1.82, 2.24) is 14.8 Å². The van der Waals surface area contributed by atoms with Crippen LogP contribution in [0.3, 0.4) is 0 Å². The minimum Gasteiger partial charge on any atom is -0.496 e. The highest BCUT2D eigenvalue weighted by molar-refractivity contribution is 6.32. The van der Waals surface area contributed by atoms with E-state index in [2.05, 4.69) is 5.10 Å². The molecule has 13 nitrogen and oxygen atoms in total. The summed E-state index contributed by atoms with van der Waals surface area (Å²) in [4.78, 5) is 48.0. The zero-order chi connectivity index (χ0) is 23.7. The van der Waals surface area contributed by atoms with Crippen LogP contribution in [-0.2, 0) is 6.54 Å². The van der Waals surface area contributed by atoms with Gasteiger partial charge in [-0.15, -0.1) is 0 Å². The van der Waals surface area contributed by atoms with Crippen LogP contribution in [0, 0.1) is 10.1 Å². The minimum absolute atomic E-state index is 0.0427. The predicted molar refractivity (Wildman–Crippen MR) is 110 cm³/mol. The second kappa shape index (κ2) is 8.39. The van der Waals surface area contributed by atoms with Gasteiger partial charge in [0.2, 0.25) is 0 Å². The summed E-state index contributed by atoms with van der Waals surface area (Å²) in [5.41, 5.74) is 3.13. The number of ether oxygens (including phenoxy) is 1. The van der Waals surface area contributed by atoms with Crippen molar-refractivity contribution in [2.75, 3.05) is 12.8 Å². The number of nitrogens with one attached hydrogen (secondary N) is 1. The summed E-state index contributed by atoms with van der Waals surface area (Å²) in [6, 6.07) is 4.14. The Morgan fingerprint density at radius 1 is 1.31 bits per heavy atom. The molecule has 0 saturated carbocycles. The van der Waals surface area contributed by atoms with E-state index in [1.54, 1.807) is 0 Å². The summed E-state index contributed by atoms with van der Waals surface area (Å²) in [5, 5.41) is 33.7. The van der Waals surface area contributed by atoms with Crippen molar-refractivity contribution in [3.63, 3.8) is 0 Å². The number of carboxylic acids is 2. The third-order valence-electron chi connectivity index (χ3n) is 4.45. The van der Waals surface area contributed by atoms with Crippen LogP contribution in [0.15, 0.2) is 29.2 Å². The molecular weight excluding hydrogens is 450 g/mol. The fourth-order valence-corrected chi connectivity index (χ4v) is 3.38. The molecule has 0 amide bonds. The molecule has 0 fully saturated rings. The Bertz CT molecular complexity index is 1330. The number of hydrogen-bond acceptors (Lipinski definition) is 8. The molecule has 0 bridgehead atoms. The zero-order valence-corrected chi connectivity index (χ0v) is 16.9. The van der Waals surface area contributed by atoms with Gasteiger partial charge in [0, 0.05) is 11.1 Å². The SMILES string of the molecule is COc1ccc(-c2c(C(=O)O)c(N)[nH]c(=O)c2C(=O)O)cc1Cn1cc(Cl)c([N+](=O)[O-])n1. The molecule has 3 aromatic rings. The fraction of sp³-hybridized carbons (Fsp3) is 0.111. The lowest BCUT2D eigenvalue weighted by Crippen LogP contribution is -2.24. The third-order valence-corrected chi connectivity index (χ3v) is 4.71. The molecule has 2 aromatic heterocycles. The second-order valence-corrected chi connectivity index (χ2v) is 6.79. The molecule has 0 unspecified atom stereocenters. The summed E-state index contributed by atoms with van der Waals surface area (Å²) in [7, 11) is 1.35. The van der Waals surface area contributed by atoms with Gasteiger partial charge in [0.05, 0.1) is 25.0 Å². The van der Waals surface area contributed by atoms with Crippen molar-refractivity contribution in [1.29, 1.82) is 0 Å². The van der Waals surface area contributed by atoms with E-state index in [1.165, 1.54) is 31.5 Å². The first-order valence-corrected chi connectivity index (χ1v) is 8.99. The van der Waals surface area contributed by atoms with E-state index in [1.807, 2.05) is 4.98 Å². The van der Waals surface area contributed by atoms with Gasteiger partial charge >= 0.3 is 17.8 Å². The van der Waals surface area contributed by atoms with Crippen LogP contribution in [-0.4, -0.2) is 48.9 Å². The highest BCUT2D eigenvalue weighted by atomic mass is 35.5. The molecule has 0 radical (unpaired) electrons. The highest BCUT2D eigenvalue weighted by Crippen LogP contribution is 2.33. The number of halogens is 1. The number of carbonyl (C=O) groups is 2. The molecule has 0 aliphatic rings. The lowest BCUT2D eigenvalue weighted by molar-refractivity contribution is -0.389. The van der Waals surface area contributed by atoms with Crippen molar-refractivity contribution in [2.24, 2.45) is 0 Å². The zero-order valence-electron chi connectivity index (χ0n) is 16.2. The summed E-state index contributed by atoms with van der Waals surface area (Å²) in [5.74, 6) is -4.01. The molecule has 0 spiro atoms. The molecule has 5 N–H and O–H groups in total. The number of benzene rings is 1. The van der Waals surface area contributed by atoms with E-state index in [-0.39, 0.29) is 22.9 Å². The molecule has 14 heteroatoms. The average molecular weight is 464 g/mol. The molecule has 32 heavy (non-hydrogen) atoms. The number of pyridine rings is 1. The quantitative estimate of drug-likeness (QED) is 0.295. The number of anilines is 1. The number of H-pyrrole nitrogens is 1. The van der Waals surface area contributed by atoms with E-state index in [0.717, 1.165) is 4.68 Å². The average Bonchev–Trinajstić information content (AvgIpc) is 3.07. The second-order valence-electron chi connectivity index (χ2n) is 6.39.